The van der Waals surface area contributed by atoms with Crippen LogP contribution in [0.25, 0.3) is 5.53 Å². The molecule has 2 aliphatic heterocycles. The fourth-order valence-corrected chi connectivity index (χ4v) is 4.79. The molecule has 134 valence electrons. The highest BCUT2D eigenvalue weighted by Gasteiger charge is 2.58. The lowest BCUT2D eigenvalue weighted by Crippen LogP contribution is -2.71. The number of piperidine rings is 1. The second-order valence-corrected chi connectivity index (χ2v) is 8.00. The summed E-state index contributed by atoms with van der Waals surface area (Å²) in [6.07, 6.45) is 2.17. The SMILES string of the molecule is C[C@H]1CCN2C[C@](OC(=O)C(=[N+]=[N-])c3ccsc3)(c3ccccc3)[C@H]2C1. The number of ether oxygens (including phenoxy) is 1. The maximum atomic E-state index is 12.9. The molecule has 3 heterocycles. The molecule has 2 fully saturated rings. The van der Waals surface area contributed by atoms with Crippen molar-refractivity contribution in [2.75, 3.05) is 13.1 Å². The highest BCUT2D eigenvalue weighted by atomic mass is 32.1. The third kappa shape index (κ3) is 2.80. The average Bonchev–Trinajstić information content (AvgIpc) is 3.17. The molecule has 2 saturated heterocycles. The zero-order valence-corrected chi connectivity index (χ0v) is 15.5. The van der Waals surface area contributed by atoms with E-state index in [9.17, 15) is 10.3 Å². The summed E-state index contributed by atoms with van der Waals surface area (Å²) in [7, 11) is 0. The molecule has 3 atom stereocenters. The van der Waals surface area contributed by atoms with Crippen LogP contribution in [0.1, 0.15) is 30.9 Å². The molecule has 6 heteroatoms. The summed E-state index contributed by atoms with van der Waals surface area (Å²) in [6, 6.07) is 11.9. The molecule has 1 aromatic heterocycles. The van der Waals surface area contributed by atoms with Crippen molar-refractivity contribution in [2.45, 2.75) is 31.4 Å². The van der Waals surface area contributed by atoms with Crippen LogP contribution >= 0.6 is 11.3 Å². The predicted octanol–water partition coefficient (Wildman–Crippen LogP) is 3.32. The molecule has 0 saturated carbocycles. The van der Waals surface area contributed by atoms with Crippen molar-refractivity contribution >= 4 is 23.0 Å². The van der Waals surface area contributed by atoms with Gasteiger partial charge in [0.25, 0.3) is 0 Å². The predicted molar refractivity (Wildman–Crippen MR) is 100 cm³/mol. The summed E-state index contributed by atoms with van der Waals surface area (Å²) in [6.45, 7) is 3.96. The molecule has 0 spiro atoms. The number of fused-ring (bicyclic) bond motifs is 1. The molecule has 5 nitrogen and oxygen atoms in total. The number of nitrogens with zero attached hydrogens (tertiary/aromatic N) is 3. The number of hydrogen-bond acceptors (Lipinski definition) is 4. The number of esters is 1. The van der Waals surface area contributed by atoms with Gasteiger partial charge >= 0.3 is 11.7 Å². The zero-order valence-electron chi connectivity index (χ0n) is 14.7. The first-order valence-corrected chi connectivity index (χ1v) is 9.86. The van der Waals surface area contributed by atoms with Crippen LogP contribution in [0.4, 0.5) is 0 Å². The molecule has 1 aromatic carbocycles. The van der Waals surface area contributed by atoms with Gasteiger partial charge in [0.2, 0.25) is 0 Å². The molecule has 0 radical (unpaired) electrons. The van der Waals surface area contributed by atoms with Crippen molar-refractivity contribution in [1.29, 1.82) is 0 Å². The van der Waals surface area contributed by atoms with E-state index in [1.165, 1.54) is 17.8 Å². The number of hydrogen-bond donors (Lipinski definition) is 0. The molecule has 0 amide bonds. The van der Waals surface area contributed by atoms with Gasteiger partial charge in [-0.3, -0.25) is 4.90 Å². The van der Waals surface area contributed by atoms with Crippen molar-refractivity contribution in [3.8, 4) is 0 Å². The summed E-state index contributed by atoms with van der Waals surface area (Å²) in [4.78, 5) is 18.5. The second-order valence-electron chi connectivity index (χ2n) is 7.22. The van der Waals surface area contributed by atoms with Gasteiger partial charge in [0.05, 0.1) is 11.6 Å². The van der Waals surface area contributed by atoms with Gasteiger partial charge in [-0.15, -0.1) is 0 Å². The Morgan fingerprint density at radius 2 is 2.15 bits per heavy atom. The summed E-state index contributed by atoms with van der Waals surface area (Å²) >= 11 is 1.45. The van der Waals surface area contributed by atoms with E-state index in [0.29, 0.717) is 18.0 Å². The average molecular weight is 367 g/mol. The van der Waals surface area contributed by atoms with Crippen LogP contribution in [0.5, 0.6) is 0 Å². The Balaban J connectivity index is 1.67. The van der Waals surface area contributed by atoms with Crippen LogP contribution in [0.3, 0.4) is 0 Å². The van der Waals surface area contributed by atoms with Gasteiger partial charge < -0.3 is 10.3 Å². The lowest BCUT2D eigenvalue weighted by Gasteiger charge is -2.59. The van der Waals surface area contributed by atoms with Gasteiger partial charge in [-0.1, -0.05) is 37.3 Å². The van der Waals surface area contributed by atoms with E-state index < -0.39 is 11.6 Å². The second kappa shape index (κ2) is 6.80. The molecule has 2 aliphatic rings. The van der Waals surface area contributed by atoms with Crippen molar-refractivity contribution < 1.29 is 14.3 Å². The Labute approximate surface area is 156 Å². The molecular formula is C20H21N3O2S. The van der Waals surface area contributed by atoms with Crippen LogP contribution in [0.15, 0.2) is 47.2 Å². The van der Waals surface area contributed by atoms with E-state index in [0.717, 1.165) is 18.5 Å². The van der Waals surface area contributed by atoms with Crippen molar-refractivity contribution in [3.63, 3.8) is 0 Å². The number of rotatable bonds is 4. The molecule has 4 rings (SSSR count). The van der Waals surface area contributed by atoms with Gasteiger partial charge in [-0.2, -0.15) is 16.1 Å². The molecule has 0 bridgehead atoms. The first-order chi connectivity index (χ1) is 12.6. The van der Waals surface area contributed by atoms with Gasteiger partial charge in [0, 0.05) is 11.9 Å². The lowest BCUT2D eigenvalue weighted by atomic mass is 9.71. The molecule has 0 N–H and O–H groups in total. The van der Waals surface area contributed by atoms with Crippen molar-refractivity contribution in [1.82, 2.24) is 4.90 Å². The van der Waals surface area contributed by atoms with Crippen LogP contribution in [-0.4, -0.2) is 40.5 Å². The van der Waals surface area contributed by atoms with Crippen LogP contribution in [-0.2, 0) is 15.1 Å². The molecular weight excluding hydrogens is 346 g/mol. The summed E-state index contributed by atoms with van der Waals surface area (Å²) in [5.74, 6) is 0.0221. The van der Waals surface area contributed by atoms with E-state index in [2.05, 4.69) is 16.6 Å². The molecule has 0 unspecified atom stereocenters. The van der Waals surface area contributed by atoms with Crippen molar-refractivity contribution in [2.24, 2.45) is 5.92 Å². The first kappa shape index (κ1) is 17.2. The topological polar surface area (TPSA) is 65.9 Å². The number of thiophene rings is 1. The lowest BCUT2D eigenvalue weighted by molar-refractivity contribution is -0.211. The Morgan fingerprint density at radius 1 is 1.35 bits per heavy atom. The normalized spacial score (nSPS) is 27.7. The number of carbonyl (C=O) groups is 1. The van der Waals surface area contributed by atoms with Gasteiger partial charge in [0.1, 0.15) is 0 Å². The summed E-state index contributed by atoms with van der Waals surface area (Å²) in [5.41, 5.74) is 10.3. The minimum absolute atomic E-state index is 0.0381. The summed E-state index contributed by atoms with van der Waals surface area (Å²) in [5, 5.41) is 3.62. The Hall–Kier alpha value is -2.27. The third-order valence-electron chi connectivity index (χ3n) is 5.58. The fourth-order valence-electron chi connectivity index (χ4n) is 4.15. The maximum Gasteiger partial charge on any atom is 0.423 e. The van der Waals surface area contributed by atoms with E-state index >= 15 is 0 Å². The molecule has 26 heavy (non-hydrogen) atoms. The van der Waals surface area contributed by atoms with E-state index in [1.807, 2.05) is 35.7 Å². The minimum atomic E-state index is -0.682. The van der Waals surface area contributed by atoms with Crippen LogP contribution in [0.2, 0.25) is 0 Å². The molecule has 2 aromatic rings. The van der Waals surface area contributed by atoms with Gasteiger partial charge in [-0.05, 0) is 42.3 Å². The van der Waals surface area contributed by atoms with Gasteiger partial charge in [-0.25, -0.2) is 4.79 Å². The minimum Gasteiger partial charge on any atom is -0.442 e. The van der Waals surface area contributed by atoms with Gasteiger partial charge in [0.15, 0.2) is 5.60 Å². The fraction of sp³-hybridized carbons (Fsp3) is 0.400. The monoisotopic (exact) mass is 367 g/mol. The Morgan fingerprint density at radius 3 is 2.85 bits per heavy atom. The Bertz CT molecular complexity index is 845. The smallest absolute Gasteiger partial charge is 0.423 e. The number of carbonyl (C=O) groups excluding carboxylic acids is 1. The highest BCUT2D eigenvalue weighted by molar-refractivity contribution is 7.08. The highest BCUT2D eigenvalue weighted by Crippen LogP contribution is 2.47. The van der Waals surface area contributed by atoms with Crippen LogP contribution < -0.4 is 0 Å². The van der Waals surface area contributed by atoms with Crippen molar-refractivity contribution in [3.05, 3.63) is 63.8 Å². The summed E-state index contributed by atoms with van der Waals surface area (Å²) < 4.78 is 6.09. The standard InChI is InChI=1S/C20H21N3O2S/c1-14-7-9-23-13-20(17(23)11-14,16-5-3-2-4-6-16)25-19(24)18(22-21)15-8-10-26-12-15/h2-6,8,10,12,14,17H,7,9,11,13H2,1H3/t14-,17+,20-/m0/s1. The largest absolute Gasteiger partial charge is 0.442 e. The first-order valence-electron chi connectivity index (χ1n) is 8.91. The van der Waals surface area contributed by atoms with E-state index in [1.54, 1.807) is 11.4 Å². The van der Waals surface area contributed by atoms with Crippen LogP contribution in [0, 0.1) is 5.92 Å². The zero-order chi connectivity index (χ0) is 18.1. The number of benzene rings is 1. The van der Waals surface area contributed by atoms with E-state index in [4.69, 9.17) is 4.74 Å². The maximum absolute atomic E-state index is 12.9. The quantitative estimate of drug-likeness (QED) is 0.360. The Kier molecular flexibility index (Phi) is 4.49. The third-order valence-corrected chi connectivity index (χ3v) is 6.26. The van der Waals surface area contributed by atoms with E-state index in [-0.39, 0.29) is 11.8 Å². The molecule has 0 aliphatic carbocycles.